The van der Waals surface area contributed by atoms with Gasteiger partial charge in [0.15, 0.2) is 23.0 Å². The zero-order valence-corrected chi connectivity index (χ0v) is 30.5. The molecule has 8 aromatic carbocycles. The third kappa shape index (κ3) is 5.32. The Balaban J connectivity index is 1.33. The highest BCUT2D eigenvalue weighted by molar-refractivity contribution is 14.1. The first-order chi connectivity index (χ1) is 25.8. The number of nitrogens with zero attached hydrogens (tertiary/aromatic N) is 1. The third-order valence-electron chi connectivity index (χ3n) is 10.3. The Kier molecular flexibility index (Phi) is 8.42. The Hall–Kier alpha value is -5.91. The molecular formula is C49H34INO. The minimum absolute atomic E-state index is 0.573. The second-order valence-electron chi connectivity index (χ2n) is 13.1. The number of para-hydroxylation sites is 1. The first-order valence-corrected chi connectivity index (χ1v) is 18.4. The molecular weight excluding hydrogens is 745 g/mol. The molecule has 0 unspecified atom stereocenters. The van der Waals surface area contributed by atoms with Gasteiger partial charge in [-0.25, -0.2) is 0 Å². The molecule has 0 fully saturated rings. The van der Waals surface area contributed by atoms with Crippen LogP contribution in [-0.4, -0.2) is 0 Å². The number of anilines is 3. The molecule has 2 nitrogen and oxygen atoms in total. The van der Waals surface area contributed by atoms with Crippen molar-refractivity contribution >= 4 is 40.1 Å². The molecule has 1 aliphatic rings. The standard InChI is InChI=1S/C49H34INO/c50-52-47-27-15-25-44-48(47)43-33-32-41(34-45(43)49(44,38-20-9-3-10-21-38)39-22-11-4-12-23-39)51(40-30-28-36(29-31-40)35-16-5-1-6-17-35)46-26-14-13-24-42(46)37-18-7-2-8-19-37/h1-34H. The monoisotopic (exact) mass is 779 g/mol. The van der Waals surface area contributed by atoms with E-state index in [1.165, 1.54) is 44.5 Å². The second kappa shape index (κ2) is 13.7. The minimum atomic E-state index is -0.573. The Morgan fingerprint density at radius 1 is 0.404 bits per heavy atom. The molecule has 9 rings (SSSR count). The normalized spacial score (nSPS) is 12.5. The number of benzene rings is 8. The van der Waals surface area contributed by atoms with Gasteiger partial charge in [-0.1, -0.05) is 170 Å². The Morgan fingerprint density at radius 3 is 1.58 bits per heavy atom. The van der Waals surface area contributed by atoms with E-state index in [-0.39, 0.29) is 0 Å². The number of hydrogen-bond acceptors (Lipinski definition) is 2. The lowest BCUT2D eigenvalue weighted by molar-refractivity contribution is 0.713. The number of halogens is 1. The Labute approximate surface area is 319 Å². The van der Waals surface area contributed by atoms with Crippen LogP contribution in [0.5, 0.6) is 5.75 Å². The van der Waals surface area contributed by atoms with Crippen molar-refractivity contribution < 1.29 is 3.07 Å². The van der Waals surface area contributed by atoms with Crippen molar-refractivity contribution in [3.63, 3.8) is 0 Å². The summed E-state index contributed by atoms with van der Waals surface area (Å²) in [6.07, 6.45) is 0. The molecule has 248 valence electrons. The molecule has 1 aliphatic carbocycles. The molecule has 52 heavy (non-hydrogen) atoms. The molecule has 0 amide bonds. The van der Waals surface area contributed by atoms with Crippen molar-refractivity contribution in [1.29, 1.82) is 0 Å². The lowest BCUT2D eigenvalue weighted by atomic mass is 9.67. The van der Waals surface area contributed by atoms with E-state index in [1.807, 2.05) is 23.0 Å². The van der Waals surface area contributed by atoms with Gasteiger partial charge in [-0.3, -0.25) is 0 Å². The van der Waals surface area contributed by atoms with Crippen molar-refractivity contribution in [1.82, 2.24) is 0 Å². The quantitative estimate of drug-likeness (QED) is 0.142. The van der Waals surface area contributed by atoms with Crippen molar-refractivity contribution in [2.45, 2.75) is 5.41 Å². The molecule has 0 aliphatic heterocycles. The molecule has 0 bridgehead atoms. The topological polar surface area (TPSA) is 12.5 Å². The molecule has 8 aromatic rings. The van der Waals surface area contributed by atoms with Crippen LogP contribution >= 0.6 is 23.0 Å². The maximum atomic E-state index is 6.07. The largest absolute Gasteiger partial charge is 0.427 e. The van der Waals surface area contributed by atoms with E-state index in [9.17, 15) is 0 Å². The lowest BCUT2D eigenvalue weighted by Gasteiger charge is -2.35. The van der Waals surface area contributed by atoms with Gasteiger partial charge < -0.3 is 7.97 Å². The summed E-state index contributed by atoms with van der Waals surface area (Å²) in [6.45, 7) is 0. The highest BCUT2D eigenvalue weighted by atomic mass is 127. The van der Waals surface area contributed by atoms with Crippen molar-refractivity contribution in [2.24, 2.45) is 0 Å². The fraction of sp³-hybridized carbons (Fsp3) is 0.0204. The summed E-state index contributed by atoms with van der Waals surface area (Å²) in [7, 11) is 0. The molecule has 0 spiro atoms. The Morgan fingerprint density at radius 2 is 0.942 bits per heavy atom. The summed E-state index contributed by atoms with van der Waals surface area (Å²) in [5, 5.41) is 0. The minimum Gasteiger partial charge on any atom is -0.427 e. The van der Waals surface area contributed by atoms with E-state index in [2.05, 4.69) is 211 Å². The molecule has 0 saturated heterocycles. The zero-order chi connectivity index (χ0) is 34.9. The van der Waals surface area contributed by atoms with Gasteiger partial charge in [-0.15, -0.1) is 0 Å². The maximum Gasteiger partial charge on any atom is 0.192 e. The molecule has 0 aromatic heterocycles. The SMILES string of the molecule is IOc1cccc2c1-c1ccc(N(c3ccc(-c4ccccc4)cc3)c3ccccc3-c3ccccc3)cc1C2(c1ccccc1)c1ccccc1. The van der Waals surface area contributed by atoms with Crippen LogP contribution in [0.15, 0.2) is 206 Å². The van der Waals surface area contributed by atoms with Gasteiger partial charge >= 0.3 is 0 Å². The summed E-state index contributed by atoms with van der Waals surface area (Å²) < 4.78 is 6.07. The number of rotatable bonds is 8. The van der Waals surface area contributed by atoms with E-state index in [0.717, 1.165) is 33.9 Å². The van der Waals surface area contributed by atoms with Gasteiger partial charge in [0.05, 0.1) is 11.1 Å². The fourth-order valence-electron chi connectivity index (χ4n) is 8.09. The van der Waals surface area contributed by atoms with Crippen LogP contribution in [-0.2, 0) is 5.41 Å². The van der Waals surface area contributed by atoms with Gasteiger partial charge in [0, 0.05) is 22.5 Å². The van der Waals surface area contributed by atoms with E-state index >= 15 is 0 Å². The van der Waals surface area contributed by atoms with Crippen molar-refractivity contribution in [2.75, 3.05) is 4.90 Å². The van der Waals surface area contributed by atoms with Gasteiger partial charge in [0.1, 0.15) is 5.75 Å². The first kappa shape index (κ1) is 32.0. The van der Waals surface area contributed by atoms with E-state index < -0.39 is 5.41 Å². The summed E-state index contributed by atoms with van der Waals surface area (Å²) in [5.41, 5.74) is 14.6. The zero-order valence-electron chi connectivity index (χ0n) is 28.4. The van der Waals surface area contributed by atoms with Gasteiger partial charge in [-0.05, 0) is 80.9 Å². The van der Waals surface area contributed by atoms with Crippen LogP contribution in [0.2, 0.25) is 0 Å². The molecule has 3 heteroatoms. The van der Waals surface area contributed by atoms with Crippen LogP contribution in [0, 0.1) is 0 Å². The summed E-state index contributed by atoms with van der Waals surface area (Å²) in [4.78, 5) is 2.41. The van der Waals surface area contributed by atoms with Crippen LogP contribution in [0.1, 0.15) is 22.3 Å². The van der Waals surface area contributed by atoms with Crippen LogP contribution in [0.3, 0.4) is 0 Å². The van der Waals surface area contributed by atoms with Crippen LogP contribution in [0.25, 0.3) is 33.4 Å². The van der Waals surface area contributed by atoms with Gasteiger partial charge in [0.2, 0.25) is 0 Å². The van der Waals surface area contributed by atoms with Crippen LogP contribution < -0.4 is 7.97 Å². The van der Waals surface area contributed by atoms with Crippen LogP contribution in [0.4, 0.5) is 17.1 Å². The molecule has 0 atom stereocenters. The summed E-state index contributed by atoms with van der Waals surface area (Å²) in [6, 6.07) is 74.2. The van der Waals surface area contributed by atoms with Crippen molar-refractivity contribution in [3.05, 3.63) is 229 Å². The predicted octanol–water partition coefficient (Wildman–Crippen LogP) is 13.6. The summed E-state index contributed by atoms with van der Waals surface area (Å²) >= 11 is 2.03. The van der Waals surface area contributed by atoms with E-state index in [0.29, 0.717) is 0 Å². The van der Waals surface area contributed by atoms with Gasteiger partial charge in [0.25, 0.3) is 0 Å². The third-order valence-corrected chi connectivity index (χ3v) is 10.8. The van der Waals surface area contributed by atoms with E-state index in [4.69, 9.17) is 3.07 Å². The molecule has 0 heterocycles. The smallest absolute Gasteiger partial charge is 0.192 e. The van der Waals surface area contributed by atoms with Crippen molar-refractivity contribution in [3.8, 4) is 39.1 Å². The summed E-state index contributed by atoms with van der Waals surface area (Å²) in [5.74, 6) is 0.864. The van der Waals surface area contributed by atoms with Gasteiger partial charge in [-0.2, -0.15) is 0 Å². The number of hydrogen-bond donors (Lipinski definition) is 0. The molecule has 0 radical (unpaired) electrons. The second-order valence-corrected chi connectivity index (χ2v) is 13.5. The fourth-order valence-corrected chi connectivity index (χ4v) is 8.45. The molecule has 0 N–H and O–H groups in total. The lowest BCUT2D eigenvalue weighted by Crippen LogP contribution is -2.28. The first-order valence-electron chi connectivity index (χ1n) is 17.6. The highest BCUT2D eigenvalue weighted by Gasteiger charge is 2.47. The molecule has 0 saturated carbocycles. The highest BCUT2D eigenvalue weighted by Crippen LogP contribution is 2.59. The average molecular weight is 780 g/mol. The van der Waals surface area contributed by atoms with E-state index in [1.54, 1.807) is 0 Å². The predicted molar refractivity (Wildman–Crippen MR) is 224 cm³/mol. The maximum absolute atomic E-state index is 6.07. The number of fused-ring (bicyclic) bond motifs is 3. The average Bonchev–Trinajstić information content (AvgIpc) is 3.53. The Bertz CT molecular complexity index is 2440.